The molecule has 0 heterocycles. The van der Waals surface area contributed by atoms with Crippen LogP contribution >= 0.6 is 0 Å². The van der Waals surface area contributed by atoms with Crippen LogP contribution in [0.15, 0.2) is 24.3 Å². The lowest BCUT2D eigenvalue weighted by atomic mass is 10.0. The Balaban J connectivity index is 2.81. The highest BCUT2D eigenvalue weighted by Crippen LogP contribution is 2.13. The Kier molecular flexibility index (Phi) is 6.81. The Morgan fingerprint density at radius 2 is 1.87 bits per heavy atom. The minimum atomic E-state index is -1.00. The maximum absolute atomic E-state index is 12.0. The Morgan fingerprint density at radius 3 is 2.35 bits per heavy atom. The third kappa shape index (κ3) is 6.22. The lowest BCUT2D eigenvalue weighted by Gasteiger charge is -2.17. The predicted molar refractivity (Wildman–Crippen MR) is 79.3 cm³/mol. The maximum atomic E-state index is 12.0. The summed E-state index contributed by atoms with van der Waals surface area (Å²) in [6.45, 7) is 0.831. The van der Waals surface area contributed by atoms with Crippen molar-refractivity contribution in [3.63, 3.8) is 0 Å². The van der Waals surface area contributed by atoms with Gasteiger partial charge in [-0.05, 0) is 5.56 Å². The molecule has 0 saturated carbocycles. The van der Waals surface area contributed by atoms with Crippen LogP contribution in [-0.2, 0) is 20.8 Å². The average Bonchev–Trinajstić information content (AvgIpc) is 2.46. The van der Waals surface area contributed by atoms with Gasteiger partial charge in [-0.25, -0.2) is 0 Å². The molecule has 0 aliphatic rings. The molecule has 0 spiro atoms. The molecule has 1 rings (SSSR count). The summed E-state index contributed by atoms with van der Waals surface area (Å²) in [5.41, 5.74) is 0.492. The smallest absolute Gasteiger partial charge is 0.269 e. The second-order valence-electron chi connectivity index (χ2n) is 4.77. The van der Waals surface area contributed by atoms with Crippen molar-refractivity contribution in [2.24, 2.45) is 0 Å². The highest BCUT2D eigenvalue weighted by Gasteiger charge is 2.22. The van der Waals surface area contributed by atoms with Gasteiger partial charge in [-0.2, -0.15) is 0 Å². The zero-order chi connectivity index (χ0) is 17.4. The highest BCUT2D eigenvalue weighted by atomic mass is 16.6. The second-order valence-corrected chi connectivity index (χ2v) is 4.77. The first-order chi connectivity index (χ1) is 10.8. The molecule has 9 heteroatoms. The number of aliphatic hydroxyl groups is 1. The molecule has 0 saturated heterocycles. The Morgan fingerprint density at radius 1 is 1.26 bits per heavy atom. The van der Waals surface area contributed by atoms with Gasteiger partial charge in [-0.1, -0.05) is 12.1 Å². The second kappa shape index (κ2) is 8.59. The predicted octanol–water partition coefficient (Wildman–Crippen LogP) is -0.333. The summed E-state index contributed by atoms with van der Waals surface area (Å²) < 4.78 is 0. The molecule has 0 aromatic heterocycles. The van der Waals surface area contributed by atoms with Gasteiger partial charge in [0.1, 0.15) is 6.04 Å². The molecular weight excluding hydrogens is 306 g/mol. The Hall–Kier alpha value is -2.81. The zero-order valence-electron chi connectivity index (χ0n) is 12.4. The normalized spacial score (nSPS) is 11.4. The number of nitrogens with one attached hydrogen (secondary N) is 2. The van der Waals surface area contributed by atoms with Gasteiger partial charge in [-0.3, -0.25) is 29.8 Å². The number of nitro groups is 1. The number of carbonyl (C=O) groups excluding carboxylic acids is 3. The van der Waals surface area contributed by atoms with Crippen LogP contribution in [0.1, 0.15) is 18.9 Å². The van der Waals surface area contributed by atoms with E-state index in [0.717, 1.165) is 0 Å². The van der Waals surface area contributed by atoms with Crippen LogP contribution in [0.2, 0.25) is 0 Å². The lowest BCUT2D eigenvalue weighted by molar-refractivity contribution is -0.384. The van der Waals surface area contributed by atoms with Gasteiger partial charge in [-0.15, -0.1) is 0 Å². The van der Waals surface area contributed by atoms with Crippen molar-refractivity contribution in [1.29, 1.82) is 0 Å². The van der Waals surface area contributed by atoms with E-state index in [9.17, 15) is 24.5 Å². The average molecular weight is 323 g/mol. The fourth-order valence-electron chi connectivity index (χ4n) is 1.83. The quantitative estimate of drug-likeness (QED) is 0.464. The number of hydrogen-bond acceptors (Lipinski definition) is 6. The maximum Gasteiger partial charge on any atom is 0.269 e. The van der Waals surface area contributed by atoms with Gasteiger partial charge in [0.25, 0.3) is 5.69 Å². The van der Waals surface area contributed by atoms with Crippen LogP contribution in [0.5, 0.6) is 0 Å². The molecule has 0 unspecified atom stereocenters. The lowest BCUT2D eigenvalue weighted by Crippen LogP contribution is -2.49. The molecule has 1 aromatic carbocycles. The van der Waals surface area contributed by atoms with Gasteiger partial charge >= 0.3 is 0 Å². The monoisotopic (exact) mass is 323 g/mol. The number of carbonyl (C=O) groups is 3. The van der Waals surface area contributed by atoms with Crippen LogP contribution in [0, 0.1) is 10.1 Å². The SMILES string of the molecule is CC(=O)N[C@@H](Cc1ccc([N+](=O)[O-])cc1)C(=O)NC(=O)CCO. The number of nitro benzene ring substituents is 1. The number of imide groups is 1. The van der Waals surface area contributed by atoms with E-state index < -0.39 is 35.3 Å². The zero-order valence-corrected chi connectivity index (χ0v) is 12.4. The van der Waals surface area contributed by atoms with E-state index in [4.69, 9.17) is 5.11 Å². The molecule has 0 fully saturated rings. The summed E-state index contributed by atoms with van der Waals surface area (Å²) in [6, 6.07) is 4.51. The Bertz CT molecular complexity index is 599. The number of hydrogen-bond donors (Lipinski definition) is 3. The largest absolute Gasteiger partial charge is 0.396 e. The summed E-state index contributed by atoms with van der Waals surface area (Å²) in [4.78, 5) is 44.6. The van der Waals surface area contributed by atoms with Crippen molar-refractivity contribution in [3.8, 4) is 0 Å². The summed E-state index contributed by atoms with van der Waals surface area (Å²) in [5.74, 6) is -1.82. The van der Waals surface area contributed by atoms with Crippen molar-refractivity contribution >= 4 is 23.4 Å². The van der Waals surface area contributed by atoms with Crippen molar-refractivity contribution in [2.45, 2.75) is 25.8 Å². The van der Waals surface area contributed by atoms with Gasteiger partial charge < -0.3 is 10.4 Å². The number of amides is 3. The minimum Gasteiger partial charge on any atom is -0.396 e. The van der Waals surface area contributed by atoms with Crippen LogP contribution in [0.3, 0.4) is 0 Å². The third-order valence-corrected chi connectivity index (χ3v) is 2.88. The number of benzene rings is 1. The fourth-order valence-corrected chi connectivity index (χ4v) is 1.83. The minimum absolute atomic E-state index is 0.0653. The van der Waals surface area contributed by atoms with E-state index in [0.29, 0.717) is 5.56 Å². The van der Waals surface area contributed by atoms with Crippen LogP contribution < -0.4 is 10.6 Å². The summed E-state index contributed by atoms with van der Waals surface area (Å²) >= 11 is 0. The molecule has 3 amide bonds. The third-order valence-electron chi connectivity index (χ3n) is 2.88. The van der Waals surface area contributed by atoms with Crippen molar-refractivity contribution in [2.75, 3.05) is 6.61 Å². The van der Waals surface area contributed by atoms with Gasteiger partial charge in [0.15, 0.2) is 0 Å². The van der Waals surface area contributed by atoms with E-state index in [2.05, 4.69) is 10.6 Å². The van der Waals surface area contributed by atoms with Crippen LogP contribution in [0.25, 0.3) is 0 Å². The molecule has 1 aromatic rings. The molecule has 0 aliphatic carbocycles. The Labute approximate surface area is 131 Å². The molecule has 9 nitrogen and oxygen atoms in total. The van der Waals surface area contributed by atoms with E-state index in [1.807, 2.05) is 0 Å². The summed E-state index contributed by atoms with van der Waals surface area (Å²) in [6.07, 6.45) is -0.161. The van der Waals surface area contributed by atoms with Crippen LogP contribution in [-0.4, -0.2) is 40.4 Å². The molecule has 23 heavy (non-hydrogen) atoms. The van der Waals surface area contributed by atoms with Gasteiger partial charge in [0, 0.05) is 25.5 Å². The molecule has 124 valence electrons. The molecule has 1 atom stereocenters. The van der Waals surface area contributed by atoms with Gasteiger partial charge in [0.05, 0.1) is 18.0 Å². The molecular formula is C14H17N3O6. The van der Waals surface area contributed by atoms with E-state index in [1.165, 1.54) is 31.2 Å². The first-order valence-electron chi connectivity index (χ1n) is 6.78. The van der Waals surface area contributed by atoms with Crippen molar-refractivity contribution < 1.29 is 24.4 Å². The summed E-state index contributed by atoms with van der Waals surface area (Å²) in [7, 11) is 0. The van der Waals surface area contributed by atoms with Crippen LogP contribution in [0.4, 0.5) is 5.69 Å². The van der Waals surface area contributed by atoms with Crippen molar-refractivity contribution in [3.05, 3.63) is 39.9 Å². The van der Waals surface area contributed by atoms with E-state index >= 15 is 0 Å². The number of non-ortho nitro benzene ring substituents is 1. The highest BCUT2D eigenvalue weighted by molar-refractivity contribution is 5.99. The fraction of sp³-hybridized carbons (Fsp3) is 0.357. The molecule has 0 radical (unpaired) electrons. The summed E-state index contributed by atoms with van der Waals surface area (Å²) in [5, 5.41) is 23.7. The standard InChI is InChI=1S/C14H17N3O6/c1-9(19)15-12(14(21)16-13(20)6-7-18)8-10-2-4-11(5-3-10)17(22)23/h2-5,12,18H,6-8H2,1H3,(H,15,19)(H,16,20,21)/t12-/m0/s1. The van der Waals surface area contributed by atoms with Gasteiger partial charge in [0.2, 0.25) is 17.7 Å². The molecule has 3 N–H and O–H groups in total. The molecule has 0 bridgehead atoms. The topological polar surface area (TPSA) is 139 Å². The van der Waals surface area contributed by atoms with Crippen molar-refractivity contribution in [1.82, 2.24) is 10.6 Å². The number of rotatable bonds is 7. The first kappa shape index (κ1) is 18.2. The van der Waals surface area contributed by atoms with E-state index in [-0.39, 0.29) is 18.5 Å². The molecule has 0 aliphatic heterocycles. The van der Waals surface area contributed by atoms with E-state index in [1.54, 1.807) is 0 Å². The first-order valence-corrected chi connectivity index (χ1v) is 6.78. The number of aliphatic hydroxyl groups excluding tert-OH is 1. The number of nitrogens with zero attached hydrogens (tertiary/aromatic N) is 1.